The third-order valence-corrected chi connectivity index (χ3v) is 5.18. The molecule has 2 aliphatic heterocycles. The van der Waals surface area contributed by atoms with Crippen LogP contribution in [0, 0.1) is 5.92 Å². The van der Waals surface area contributed by atoms with E-state index in [9.17, 15) is 0 Å². The Balaban J connectivity index is 1.45. The van der Waals surface area contributed by atoms with E-state index >= 15 is 0 Å². The van der Waals surface area contributed by atoms with Gasteiger partial charge in [0, 0.05) is 37.6 Å². The molecule has 2 fully saturated rings. The van der Waals surface area contributed by atoms with E-state index in [1.807, 2.05) is 0 Å². The summed E-state index contributed by atoms with van der Waals surface area (Å²) in [5.74, 6) is 2.01. The number of nitrogens with one attached hydrogen (secondary N) is 1. The first kappa shape index (κ1) is 13.6. The first-order valence-corrected chi connectivity index (χ1v) is 8.34. The standard InChI is InChI=1S/C18H26N2O/c1-18(2)12-20(16(10-19-18)13-7-8-13)11-15-9-14-5-3-4-6-17(14)21-15/h3-6,13,15-16,19H,7-12H2,1-2H3. The Bertz CT molecular complexity index is 499. The van der Waals surface area contributed by atoms with Crippen LogP contribution in [0.25, 0.3) is 0 Å². The van der Waals surface area contributed by atoms with Gasteiger partial charge in [-0.15, -0.1) is 0 Å². The summed E-state index contributed by atoms with van der Waals surface area (Å²) in [5.41, 5.74) is 1.59. The second-order valence-electron chi connectivity index (χ2n) is 7.65. The van der Waals surface area contributed by atoms with E-state index in [0.29, 0.717) is 12.1 Å². The van der Waals surface area contributed by atoms with Crippen LogP contribution in [0.5, 0.6) is 5.75 Å². The van der Waals surface area contributed by atoms with Gasteiger partial charge in [-0.25, -0.2) is 0 Å². The van der Waals surface area contributed by atoms with Crippen molar-refractivity contribution in [2.24, 2.45) is 5.92 Å². The Morgan fingerprint density at radius 1 is 1.29 bits per heavy atom. The molecule has 1 saturated carbocycles. The Morgan fingerprint density at radius 3 is 2.86 bits per heavy atom. The van der Waals surface area contributed by atoms with E-state index < -0.39 is 0 Å². The number of hydrogen-bond donors (Lipinski definition) is 1. The summed E-state index contributed by atoms with van der Waals surface area (Å²) in [6, 6.07) is 9.21. The predicted molar refractivity (Wildman–Crippen MR) is 84.7 cm³/mol. The molecule has 1 saturated heterocycles. The van der Waals surface area contributed by atoms with Gasteiger partial charge < -0.3 is 10.1 Å². The summed E-state index contributed by atoms with van der Waals surface area (Å²) in [5, 5.41) is 3.72. The van der Waals surface area contributed by atoms with Crippen LogP contribution in [-0.2, 0) is 6.42 Å². The lowest BCUT2D eigenvalue weighted by Gasteiger charge is -2.45. The molecule has 2 heterocycles. The molecule has 4 rings (SSSR count). The van der Waals surface area contributed by atoms with Crippen molar-refractivity contribution in [1.82, 2.24) is 10.2 Å². The van der Waals surface area contributed by atoms with Crippen molar-refractivity contribution in [3.8, 4) is 5.75 Å². The highest BCUT2D eigenvalue weighted by atomic mass is 16.5. The topological polar surface area (TPSA) is 24.5 Å². The van der Waals surface area contributed by atoms with Crippen LogP contribution < -0.4 is 10.1 Å². The fourth-order valence-electron chi connectivity index (χ4n) is 3.95. The van der Waals surface area contributed by atoms with E-state index in [-0.39, 0.29) is 5.54 Å². The van der Waals surface area contributed by atoms with Crippen molar-refractivity contribution >= 4 is 0 Å². The molecule has 0 bridgehead atoms. The molecule has 0 spiro atoms. The Hall–Kier alpha value is -1.06. The lowest BCUT2D eigenvalue weighted by atomic mass is 9.96. The number of fused-ring (bicyclic) bond motifs is 1. The SMILES string of the molecule is CC1(C)CN(CC2Cc3ccccc3O2)C(C2CC2)CN1. The molecule has 0 amide bonds. The third kappa shape index (κ3) is 2.82. The van der Waals surface area contributed by atoms with Crippen LogP contribution >= 0.6 is 0 Å². The van der Waals surface area contributed by atoms with Gasteiger partial charge in [0.15, 0.2) is 0 Å². The molecule has 2 unspecified atom stereocenters. The first-order chi connectivity index (χ1) is 10.1. The summed E-state index contributed by atoms with van der Waals surface area (Å²) in [7, 11) is 0. The fourth-order valence-corrected chi connectivity index (χ4v) is 3.95. The number of rotatable bonds is 3. The highest BCUT2D eigenvalue weighted by molar-refractivity contribution is 5.37. The Kier molecular flexibility index (Phi) is 3.23. The number of para-hydroxylation sites is 1. The monoisotopic (exact) mass is 286 g/mol. The Morgan fingerprint density at radius 2 is 2.10 bits per heavy atom. The normalized spacial score (nSPS) is 31.7. The molecular weight excluding hydrogens is 260 g/mol. The zero-order valence-corrected chi connectivity index (χ0v) is 13.1. The number of piperazine rings is 1. The van der Waals surface area contributed by atoms with Gasteiger partial charge >= 0.3 is 0 Å². The van der Waals surface area contributed by atoms with Crippen molar-refractivity contribution in [2.45, 2.75) is 50.8 Å². The zero-order valence-electron chi connectivity index (χ0n) is 13.1. The van der Waals surface area contributed by atoms with Gasteiger partial charge in [0.2, 0.25) is 0 Å². The third-order valence-electron chi connectivity index (χ3n) is 5.18. The smallest absolute Gasteiger partial charge is 0.123 e. The summed E-state index contributed by atoms with van der Waals surface area (Å²) < 4.78 is 6.16. The second-order valence-corrected chi connectivity index (χ2v) is 7.65. The van der Waals surface area contributed by atoms with Gasteiger partial charge in [0.05, 0.1) is 0 Å². The number of ether oxygens (including phenoxy) is 1. The molecule has 3 nitrogen and oxygen atoms in total. The number of hydrogen-bond acceptors (Lipinski definition) is 3. The Labute approximate surface area is 127 Å². The summed E-state index contributed by atoms with van der Waals surface area (Å²) in [4.78, 5) is 2.70. The zero-order chi connectivity index (χ0) is 14.4. The van der Waals surface area contributed by atoms with Gasteiger partial charge in [-0.3, -0.25) is 4.90 Å². The number of benzene rings is 1. The van der Waals surface area contributed by atoms with Gasteiger partial charge in [0.1, 0.15) is 11.9 Å². The molecule has 1 N–H and O–H groups in total. The maximum absolute atomic E-state index is 6.16. The molecular formula is C18H26N2O. The molecule has 0 radical (unpaired) electrons. The first-order valence-electron chi connectivity index (χ1n) is 8.34. The summed E-state index contributed by atoms with van der Waals surface area (Å²) >= 11 is 0. The van der Waals surface area contributed by atoms with Gasteiger partial charge in [-0.2, -0.15) is 0 Å². The van der Waals surface area contributed by atoms with Crippen molar-refractivity contribution in [3.05, 3.63) is 29.8 Å². The maximum Gasteiger partial charge on any atom is 0.123 e. The molecule has 114 valence electrons. The lowest BCUT2D eigenvalue weighted by molar-refractivity contribution is 0.0487. The molecule has 1 aromatic carbocycles. The molecule has 3 heteroatoms. The van der Waals surface area contributed by atoms with Crippen LogP contribution in [0.3, 0.4) is 0 Å². The highest BCUT2D eigenvalue weighted by Gasteiger charge is 2.42. The lowest BCUT2D eigenvalue weighted by Crippen LogP contribution is -2.63. The molecule has 3 aliphatic rings. The average molecular weight is 286 g/mol. The minimum Gasteiger partial charge on any atom is -0.488 e. The highest BCUT2D eigenvalue weighted by Crippen LogP contribution is 2.38. The number of nitrogens with zero attached hydrogens (tertiary/aromatic N) is 1. The summed E-state index contributed by atoms with van der Waals surface area (Å²) in [6.07, 6.45) is 4.22. The van der Waals surface area contributed by atoms with E-state index in [1.165, 1.54) is 18.4 Å². The molecule has 21 heavy (non-hydrogen) atoms. The molecule has 1 aromatic rings. The van der Waals surface area contributed by atoms with Crippen molar-refractivity contribution < 1.29 is 4.74 Å². The molecule has 0 aromatic heterocycles. The largest absolute Gasteiger partial charge is 0.488 e. The van der Waals surface area contributed by atoms with E-state index in [0.717, 1.165) is 37.7 Å². The van der Waals surface area contributed by atoms with E-state index in [4.69, 9.17) is 4.74 Å². The van der Waals surface area contributed by atoms with Crippen molar-refractivity contribution in [1.29, 1.82) is 0 Å². The predicted octanol–water partition coefficient (Wildman–Crippen LogP) is 2.45. The van der Waals surface area contributed by atoms with Gasteiger partial charge in [-0.1, -0.05) is 18.2 Å². The van der Waals surface area contributed by atoms with Crippen LogP contribution in [0.2, 0.25) is 0 Å². The minimum absolute atomic E-state index is 0.219. The van der Waals surface area contributed by atoms with Crippen LogP contribution in [0.1, 0.15) is 32.3 Å². The molecule has 2 atom stereocenters. The second kappa shape index (κ2) is 4.99. The average Bonchev–Trinajstić information content (AvgIpc) is 3.17. The van der Waals surface area contributed by atoms with Gasteiger partial charge in [0.25, 0.3) is 0 Å². The van der Waals surface area contributed by atoms with Gasteiger partial charge in [-0.05, 0) is 44.2 Å². The quantitative estimate of drug-likeness (QED) is 0.924. The van der Waals surface area contributed by atoms with Crippen LogP contribution in [-0.4, -0.2) is 42.2 Å². The maximum atomic E-state index is 6.16. The van der Waals surface area contributed by atoms with Crippen LogP contribution in [0.4, 0.5) is 0 Å². The van der Waals surface area contributed by atoms with E-state index in [2.05, 4.69) is 48.3 Å². The minimum atomic E-state index is 0.219. The van der Waals surface area contributed by atoms with Crippen molar-refractivity contribution in [3.63, 3.8) is 0 Å². The molecule has 1 aliphatic carbocycles. The van der Waals surface area contributed by atoms with Crippen LogP contribution in [0.15, 0.2) is 24.3 Å². The van der Waals surface area contributed by atoms with Crippen molar-refractivity contribution in [2.75, 3.05) is 19.6 Å². The van der Waals surface area contributed by atoms with E-state index in [1.54, 1.807) is 0 Å². The summed E-state index contributed by atoms with van der Waals surface area (Å²) in [6.45, 7) is 7.96. The fraction of sp³-hybridized carbons (Fsp3) is 0.667.